The SMILES string of the molecule is CC(C)OCCCCNC1CCC2(CCCC2)CC1. The average Bonchev–Trinajstić information content (AvgIpc) is 2.84. The Kier molecular flexibility index (Phi) is 6.15. The van der Waals surface area contributed by atoms with Gasteiger partial charge in [-0.05, 0) is 77.2 Å². The first-order valence-corrected chi connectivity index (χ1v) is 8.55. The number of rotatable bonds is 7. The second kappa shape index (κ2) is 7.64. The summed E-state index contributed by atoms with van der Waals surface area (Å²) in [4.78, 5) is 0. The first kappa shape index (κ1) is 15.3. The van der Waals surface area contributed by atoms with Crippen molar-refractivity contribution < 1.29 is 4.74 Å². The first-order valence-electron chi connectivity index (χ1n) is 8.55. The molecule has 19 heavy (non-hydrogen) atoms. The van der Waals surface area contributed by atoms with Crippen molar-refractivity contribution in [1.82, 2.24) is 5.32 Å². The zero-order valence-electron chi connectivity index (χ0n) is 13.0. The minimum Gasteiger partial charge on any atom is -0.379 e. The van der Waals surface area contributed by atoms with Gasteiger partial charge in [0.1, 0.15) is 0 Å². The van der Waals surface area contributed by atoms with Gasteiger partial charge in [-0.25, -0.2) is 0 Å². The van der Waals surface area contributed by atoms with E-state index in [9.17, 15) is 0 Å². The van der Waals surface area contributed by atoms with Crippen molar-refractivity contribution in [1.29, 1.82) is 0 Å². The van der Waals surface area contributed by atoms with Crippen LogP contribution in [0.5, 0.6) is 0 Å². The minimum atomic E-state index is 0.383. The lowest BCUT2D eigenvalue weighted by Gasteiger charge is -2.37. The van der Waals surface area contributed by atoms with Crippen molar-refractivity contribution in [3.63, 3.8) is 0 Å². The average molecular weight is 267 g/mol. The molecule has 2 nitrogen and oxygen atoms in total. The van der Waals surface area contributed by atoms with E-state index in [-0.39, 0.29) is 0 Å². The third-order valence-corrected chi connectivity index (χ3v) is 5.17. The zero-order chi connectivity index (χ0) is 13.6. The van der Waals surface area contributed by atoms with Gasteiger partial charge in [-0.2, -0.15) is 0 Å². The highest BCUT2D eigenvalue weighted by Gasteiger charge is 2.37. The van der Waals surface area contributed by atoms with Crippen LogP contribution in [0.25, 0.3) is 0 Å². The van der Waals surface area contributed by atoms with E-state index in [1.165, 1.54) is 70.8 Å². The molecule has 112 valence electrons. The molecule has 0 unspecified atom stereocenters. The molecule has 0 saturated heterocycles. The maximum absolute atomic E-state index is 5.57. The fourth-order valence-electron chi connectivity index (χ4n) is 3.91. The van der Waals surface area contributed by atoms with Gasteiger partial charge in [0.15, 0.2) is 0 Å². The lowest BCUT2D eigenvalue weighted by Crippen LogP contribution is -2.37. The van der Waals surface area contributed by atoms with Crippen molar-refractivity contribution >= 4 is 0 Å². The molecule has 0 radical (unpaired) electrons. The first-order chi connectivity index (χ1) is 9.20. The smallest absolute Gasteiger partial charge is 0.0518 e. The Morgan fingerprint density at radius 1 is 1.05 bits per heavy atom. The molecular weight excluding hydrogens is 234 g/mol. The lowest BCUT2D eigenvalue weighted by molar-refractivity contribution is 0.0757. The summed E-state index contributed by atoms with van der Waals surface area (Å²) in [7, 11) is 0. The molecule has 0 aromatic carbocycles. The Balaban J connectivity index is 1.49. The van der Waals surface area contributed by atoms with Crippen LogP contribution < -0.4 is 5.32 Å². The van der Waals surface area contributed by atoms with Crippen LogP contribution in [0.15, 0.2) is 0 Å². The van der Waals surface area contributed by atoms with Crippen LogP contribution >= 0.6 is 0 Å². The third kappa shape index (κ3) is 5.07. The maximum atomic E-state index is 5.57. The Morgan fingerprint density at radius 2 is 1.74 bits per heavy atom. The largest absolute Gasteiger partial charge is 0.379 e. The number of unbranched alkanes of at least 4 members (excludes halogenated alkanes) is 1. The summed E-state index contributed by atoms with van der Waals surface area (Å²) in [5.74, 6) is 0. The van der Waals surface area contributed by atoms with Crippen molar-refractivity contribution in [3.8, 4) is 0 Å². The maximum Gasteiger partial charge on any atom is 0.0518 e. The fraction of sp³-hybridized carbons (Fsp3) is 1.00. The molecule has 2 rings (SSSR count). The molecule has 2 heteroatoms. The van der Waals surface area contributed by atoms with Gasteiger partial charge in [0.25, 0.3) is 0 Å². The topological polar surface area (TPSA) is 21.3 Å². The van der Waals surface area contributed by atoms with E-state index in [1.807, 2.05) is 0 Å². The molecule has 1 N–H and O–H groups in total. The van der Waals surface area contributed by atoms with Gasteiger partial charge >= 0.3 is 0 Å². The van der Waals surface area contributed by atoms with Crippen LogP contribution in [-0.2, 0) is 4.74 Å². The summed E-state index contributed by atoms with van der Waals surface area (Å²) in [5, 5.41) is 3.76. The molecule has 2 saturated carbocycles. The van der Waals surface area contributed by atoms with Crippen molar-refractivity contribution in [3.05, 3.63) is 0 Å². The predicted molar refractivity (Wildman–Crippen MR) is 81.5 cm³/mol. The Labute approximate surface area is 119 Å². The predicted octanol–water partition coefficient (Wildman–Crippen LogP) is 4.28. The van der Waals surface area contributed by atoms with Gasteiger partial charge in [0.05, 0.1) is 6.10 Å². The zero-order valence-corrected chi connectivity index (χ0v) is 13.0. The summed E-state index contributed by atoms with van der Waals surface area (Å²) in [6, 6.07) is 0.803. The van der Waals surface area contributed by atoms with E-state index in [0.717, 1.165) is 18.1 Å². The molecule has 0 atom stereocenters. The lowest BCUT2D eigenvalue weighted by atomic mass is 9.71. The molecule has 0 aromatic heterocycles. The van der Waals surface area contributed by atoms with Crippen molar-refractivity contribution in [2.45, 2.75) is 90.2 Å². The summed E-state index contributed by atoms with van der Waals surface area (Å²) in [6.07, 6.45) is 14.7. The number of hydrogen-bond acceptors (Lipinski definition) is 2. The Bertz CT molecular complexity index is 236. The number of nitrogens with one attached hydrogen (secondary N) is 1. The Morgan fingerprint density at radius 3 is 2.37 bits per heavy atom. The molecule has 1 spiro atoms. The van der Waals surface area contributed by atoms with Gasteiger partial charge in [-0.3, -0.25) is 0 Å². The van der Waals surface area contributed by atoms with E-state index in [0.29, 0.717) is 6.10 Å². The molecule has 0 bridgehead atoms. The Hall–Kier alpha value is -0.0800. The molecule has 0 aromatic rings. The van der Waals surface area contributed by atoms with E-state index < -0.39 is 0 Å². The summed E-state index contributed by atoms with van der Waals surface area (Å²) in [5.41, 5.74) is 0.781. The molecule has 2 fully saturated rings. The highest BCUT2D eigenvalue weighted by atomic mass is 16.5. The summed E-state index contributed by atoms with van der Waals surface area (Å²) >= 11 is 0. The number of hydrogen-bond donors (Lipinski definition) is 1. The van der Waals surface area contributed by atoms with Gasteiger partial charge in [0, 0.05) is 12.6 Å². The standard InChI is InChI=1S/C17H33NO/c1-15(2)19-14-6-5-13-18-16-7-11-17(12-8-16)9-3-4-10-17/h15-16,18H,3-14H2,1-2H3. The molecule has 0 amide bonds. The van der Waals surface area contributed by atoms with Crippen LogP contribution in [0.2, 0.25) is 0 Å². The van der Waals surface area contributed by atoms with E-state index in [4.69, 9.17) is 4.74 Å². The van der Waals surface area contributed by atoms with Crippen LogP contribution in [0.1, 0.15) is 78.1 Å². The van der Waals surface area contributed by atoms with Gasteiger partial charge in [0.2, 0.25) is 0 Å². The van der Waals surface area contributed by atoms with Gasteiger partial charge < -0.3 is 10.1 Å². The molecule has 2 aliphatic rings. The van der Waals surface area contributed by atoms with Crippen molar-refractivity contribution in [2.75, 3.05) is 13.2 Å². The fourth-order valence-corrected chi connectivity index (χ4v) is 3.91. The molecule has 0 aliphatic heterocycles. The van der Waals surface area contributed by atoms with Crippen LogP contribution in [0.3, 0.4) is 0 Å². The van der Waals surface area contributed by atoms with E-state index in [1.54, 1.807) is 0 Å². The molecular formula is C17H33NO. The summed E-state index contributed by atoms with van der Waals surface area (Å²) < 4.78 is 5.57. The van der Waals surface area contributed by atoms with Crippen LogP contribution in [0, 0.1) is 5.41 Å². The quantitative estimate of drug-likeness (QED) is 0.695. The second-order valence-corrected chi connectivity index (χ2v) is 7.06. The highest BCUT2D eigenvalue weighted by molar-refractivity contribution is 4.91. The number of ether oxygens (including phenoxy) is 1. The van der Waals surface area contributed by atoms with Crippen molar-refractivity contribution in [2.24, 2.45) is 5.41 Å². The normalized spacial score (nSPS) is 23.5. The van der Waals surface area contributed by atoms with E-state index >= 15 is 0 Å². The monoisotopic (exact) mass is 267 g/mol. The summed E-state index contributed by atoms with van der Waals surface area (Å²) in [6.45, 7) is 6.32. The molecule has 2 aliphatic carbocycles. The van der Waals surface area contributed by atoms with Gasteiger partial charge in [-0.15, -0.1) is 0 Å². The van der Waals surface area contributed by atoms with Crippen LogP contribution in [0.4, 0.5) is 0 Å². The minimum absolute atomic E-state index is 0.383. The van der Waals surface area contributed by atoms with Crippen LogP contribution in [-0.4, -0.2) is 25.3 Å². The van der Waals surface area contributed by atoms with E-state index in [2.05, 4.69) is 19.2 Å². The third-order valence-electron chi connectivity index (χ3n) is 5.17. The second-order valence-electron chi connectivity index (χ2n) is 7.06. The molecule has 0 heterocycles. The van der Waals surface area contributed by atoms with Gasteiger partial charge in [-0.1, -0.05) is 12.8 Å². The highest BCUT2D eigenvalue weighted by Crippen LogP contribution is 2.48.